The summed E-state index contributed by atoms with van der Waals surface area (Å²) in [4.78, 5) is 0. The zero-order valence-corrected chi connectivity index (χ0v) is 10.3. The Bertz CT molecular complexity index is 164. The lowest BCUT2D eigenvalue weighted by Gasteiger charge is -2.24. The fourth-order valence-electron chi connectivity index (χ4n) is 1.16. The number of methoxy groups -OCH3 is 1. The van der Waals surface area contributed by atoms with Gasteiger partial charge in [0.25, 0.3) is 0 Å². The minimum absolute atomic E-state index is 0.520. The lowest BCUT2D eigenvalue weighted by atomic mass is 10.0. The van der Waals surface area contributed by atoms with Gasteiger partial charge in [0.2, 0.25) is 0 Å². The lowest BCUT2D eigenvalue weighted by Crippen LogP contribution is -2.40. The van der Waals surface area contributed by atoms with Gasteiger partial charge in [-0.15, -0.1) is 0 Å². The second kappa shape index (κ2) is 6.43. The summed E-state index contributed by atoms with van der Waals surface area (Å²) in [6.07, 6.45) is 1.28. The predicted octanol–water partition coefficient (Wildman–Crippen LogP) is 0.524. The van der Waals surface area contributed by atoms with E-state index in [2.05, 4.69) is 5.32 Å². The summed E-state index contributed by atoms with van der Waals surface area (Å²) in [5.41, 5.74) is -1.39. The van der Waals surface area contributed by atoms with E-state index in [4.69, 9.17) is 4.74 Å². The van der Waals surface area contributed by atoms with Gasteiger partial charge in [-0.1, -0.05) is 0 Å². The summed E-state index contributed by atoms with van der Waals surface area (Å²) in [7, 11) is 1.62. The lowest BCUT2D eigenvalue weighted by molar-refractivity contribution is 0.0219. The van der Waals surface area contributed by atoms with Crippen LogP contribution >= 0.6 is 0 Å². The third-order valence-electron chi connectivity index (χ3n) is 2.26. The Balaban J connectivity index is 3.57. The van der Waals surface area contributed by atoms with Crippen LogP contribution in [0.4, 0.5) is 0 Å². The maximum atomic E-state index is 9.87. The molecule has 0 aliphatic carbocycles. The second-order valence-corrected chi connectivity index (χ2v) is 4.98. The summed E-state index contributed by atoms with van der Waals surface area (Å²) in [6, 6.07) is 0. The number of rotatable bonds is 8. The van der Waals surface area contributed by atoms with Crippen LogP contribution in [-0.4, -0.2) is 48.2 Å². The predicted molar refractivity (Wildman–Crippen MR) is 60.9 cm³/mol. The van der Waals surface area contributed by atoms with Crippen LogP contribution in [0, 0.1) is 0 Å². The molecule has 1 unspecified atom stereocenters. The molecule has 0 spiro atoms. The van der Waals surface area contributed by atoms with E-state index >= 15 is 0 Å². The third-order valence-corrected chi connectivity index (χ3v) is 2.26. The van der Waals surface area contributed by atoms with Gasteiger partial charge in [-0.3, -0.25) is 0 Å². The molecule has 0 aromatic carbocycles. The average molecular weight is 219 g/mol. The van der Waals surface area contributed by atoms with E-state index in [0.717, 1.165) is 0 Å². The van der Waals surface area contributed by atoms with Crippen molar-refractivity contribution in [2.45, 2.75) is 44.8 Å². The Hall–Kier alpha value is -0.160. The van der Waals surface area contributed by atoms with E-state index in [1.165, 1.54) is 0 Å². The van der Waals surface area contributed by atoms with Crippen LogP contribution in [0.15, 0.2) is 0 Å². The molecule has 4 nitrogen and oxygen atoms in total. The first kappa shape index (κ1) is 14.8. The van der Waals surface area contributed by atoms with Gasteiger partial charge in [-0.05, 0) is 33.7 Å². The van der Waals surface area contributed by atoms with E-state index in [9.17, 15) is 10.2 Å². The van der Waals surface area contributed by atoms with Crippen molar-refractivity contribution in [2.75, 3.05) is 26.8 Å². The quantitative estimate of drug-likeness (QED) is 0.521. The second-order valence-electron chi connectivity index (χ2n) is 4.98. The Morgan fingerprint density at radius 1 is 1.13 bits per heavy atom. The summed E-state index contributed by atoms with van der Waals surface area (Å²) < 4.78 is 4.91. The van der Waals surface area contributed by atoms with Crippen LogP contribution in [0.1, 0.15) is 33.6 Å². The average Bonchev–Trinajstić information content (AvgIpc) is 2.08. The van der Waals surface area contributed by atoms with Gasteiger partial charge < -0.3 is 20.3 Å². The highest BCUT2D eigenvalue weighted by Crippen LogP contribution is 2.09. The molecule has 0 rings (SSSR count). The maximum absolute atomic E-state index is 9.87. The Kier molecular flexibility index (Phi) is 6.36. The minimum atomic E-state index is -0.740. The van der Waals surface area contributed by atoms with Crippen LogP contribution in [0.3, 0.4) is 0 Å². The van der Waals surface area contributed by atoms with Crippen molar-refractivity contribution in [3.8, 4) is 0 Å². The van der Waals surface area contributed by atoms with Gasteiger partial charge >= 0.3 is 0 Å². The molecule has 0 aromatic heterocycles. The summed E-state index contributed by atoms with van der Waals surface area (Å²) in [5, 5.41) is 22.5. The van der Waals surface area contributed by atoms with E-state index in [-0.39, 0.29) is 0 Å². The number of aliphatic hydroxyl groups is 2. The highest BCUT2D eigenvalue weighted by atomic mass is 16.5. The standard InChI is InChI=1S/C11H25NO3/c1-10(2,13)5-7-12-9-11(3,14)6-8-15-4/h12-14H,5-9H2,1-4H3. The first-order valence-corrected chi connectivity index (χ1v) is 5.41. The van der Waals surface area contributed by atoms with Gasteiger partial charge in [0.1, 0.15) is 0 Å². The van der Waals surface area contributed by atoms with Crippen molar-refractivity contribution in [2.24, 2.45) is 0 Å². The molecule has 4 heteroatoms. The molecule has 0 saturated carbocycles. The Morgan fingerprint density at radius 2 is 1.73 bits per heavy atom. The van der Waals surface area contributed by atoms with Crippen molar-refractivity contribution in [3.63, 3.8) is 0 Å². The van der Waals surface area contributed by atoms with Crippen molar-refractivity contribution in [1.29, 1.82) is 0 Å². The number of ether oxygens (including phenoxy) is 1. The van der Waals surface area contributed by atoms with Gasteiger partial charge in [0.05, 0.1) is 11.2 Å². The van der Waals surface area contributed by atoms with Crippen molar-refractivity contribution < 1.29 is 14.9 Å². The Labute approximate surface area is 92.6 Å². The van der Waals surface area contributed by atoms with E-state index < -0.39 is 11.2 Å². The van der Waals surface area contributed by atoms with E-state index in [1.54, 1.807) is 27.9 Å². The van der Waals surface area contributed by atoms with Gasteiger partial charge in [-0.25, -0.2) is 0 Å². The normalized spacial score (nSPS) is 16.4. The van der Waals surface area contributed by atoms with Crippen molar-refractivity contribution in [1.82, 2.24) is 5.32 Å². The molecule has 0 aromatic rings. The third kappa shape index (κ3) is 10.1. The molecule has 92 valence electrons. The summed E-state index contributed by atoms with van der Waals surface area (Å²) in [6.45, 7) is 7.11. The summed E-state index contributed by atoms with van der Waals surface area (Å²) >= 11 is 0. The van der Waals surface area contributed by atoms with Crippen LogP contribution in [-0.2, 0) is 4.74 Å². The highest BCUT2D eigenvalue weighted by molar-refractivity contribution is 4.76. The van der Waals surface area contributed by atoms with E-state index in [1.807, 2.05) is 0 Å². The van der Waals surface area contributed by atoms with Gasteiger partial charge in [0, 0.05) is 26.7 Å². The van der Waals surface area contributed by atoms with Crippen LogP contribution in [0.25, 0.3) is 0 Å². The van der Waals surface area contributed by atoms with Gasteiger partial charge in [0.15, 0.2) is 0 Å². The smallest absolute Gasteiger partial charge is 0.0765 e. The molecule has 0 fully saturated rings. The molecule has 3 N–H and O–H groups in total. The highest BCUT2D eigenvalue weighted by Gasteiger charge is 2.19. The largest absolute Gasteiger partial charge is 0.390 e. The monoisotopic (exact) mass is 219 g/mol. The molecular weight excluding hydrogens is 194 g/mol. The molecule has 0 heterocycles. The molecule has 0 bridgehead atoms. The van der Waals surface area contributed by atoms with Crippen LogP contribution in [0.5, 0.6) is 0 Å². The zero-order valence-electron chi connectivity index (χ0n) is 10.3. The molecule has 1 atom stereocenters. The molecule has 0 saturated heterocycles. The van der Waals surface area contributed by atoms with Crippen LogP contribution in [0.2, 0.25) is 0 Å². The topological polar surface area (TPSA) is 61.7 Å². The van der Waals surface area contributed by atoms with Gasteiger partial charge in [-0.2, -0.15) is 0 Å². The first-order valence-electron chi connectivity index (χ1n) is 5.41. The summed E-state index contributed by atoms with van der Waals surface area (Å²) in [5.74, 6) is 0. The molecule has 0 aliphatic heterocycles. The van der Waals surface area contributed by atoms with Crippen LogP contribution < -0.4 is 5.32 Å². The molecular formula is C11H25NO3. The SMILES string of the molecule is COCCC(C)(O)CNCCC(C)(C)O. The molecule has 15 heavy (non-hydrogen) atoms. The number of nitrogens with one attached hydrogen (secondary N) is 1. The molecule has 0 aliphatic rings. The van der Waals surface area contributed by atoms with Crippen molar-refractivity contribution in [3.05, 3.63) is 0 Å². The maximum Gasteiger partial charge on any atom is 0.0765 e. The van der Waals surface area contributed by atoms with Crippen molar-refractivity contribution >= 4 is 0 Å². The number of hydrogen-bond donors (Lipinski definition) is 3. The zero-order chi connectivity index (χ0) is 11.9. The fourth-order valence-corrected chi connectivity index (χ4v) is 1.16. The minimum Gasteiger partial charge on any atom is -0.390 e. The number of hydrogen-bond acceptors (Lipinski definition) is 4. The first-order chi connectivity index (χ1) is 6.77. The molecule has 0 amide bonds. The Morgan fingerprint density at radius 3 is 2.20 bits per heavy atom. The molecule has 0 radical (unpaired) electrons. The fraction of sp³-hybridized carbons (Fsp3) is 1.00. The van der Waals surface area contributed by atoms with E-state index in [0.29, 0.717) is 32.5 Å².